The SMILES string of the molecule is Cc1nc(-c2ccccc2)sc1-c1ncn[nH]1. The van der Waals surface area contributed by atoms with Crippen molar-refractivity contribution < 1.29 is 0 Å². The van der Waals surface area contributed by atoms with Gasteiger partial charge in [0.05, 0.1) is 10.6 Å². The number of H-pyrrole nitrogens is 1. The Labute approximate surface area is 102 Å². The van der Waals surface area contributed by atoms with Crippen LogP contribution < -0.4 is 0 Å². The summed E-state index contributed by atoms with van der Waals surface area (Å²) in [4.78, 5) is 9.77. The zero-order valence-electron chi connectivity index (χ0n) is 9.21. The molecule has 0 unspecified atom stereocenters. The Hall–Kier alpha value is -2.01. The van der Waals surface area contributed by atoms with E-state index >= 15 is 0 Å². The lowest BCUT2D eigenvalue weighted by Gasteiger charge is -1.92. The Morgan fingerprint density at radius 1 is 1.18 bits per heavy atom. The predicted octanol–water partition coefficient (Wildman–Crippen LogP) is 2.90. The fraction of sp³-hybridized carbons (Fsp3) is 0.0833. The molecule has 0 radical (unpaired) electrons. The predicted molar refractivity (Wildman–Crippen MR) is 67.7 cm³/mol. The van der Waals surface area contributed by atoms with Crippen molar-refractivity contribution in [2.75, 3.05) is 0 Å². The highest BCUT2D eigenvalue weighted by Crippen LogP contribution is 2.32. The highest BCUT2D eigenvalue weighted by molar-refractivity contribution is 7.18. The van der Waals surface area contributed by atoms with Crippen molar-refractivity contribution in [1.29, 1.82) is 0 Å². The van der Waals surface area contributed by atoms with Gasteiger partial charge in [0, 0.05) is 5.56 Å². The van der Waals surface area contributed by atoms with Crippen molar-refractivity contribution in [3.8, 4) is 21.3 Å². The van der Waals surface area contributed by atoms with Gasteiger partial charge >= 0.3 is 0 Å². The lowest BCUT2D eigenvalue weighted by atomic mass is 10.2. The third-order valence-corrected chi connectivity index (χ3v) is 3.66. The molecule has 3 rings (SSSR count). The van der Waals surface area contributed by atoms with Crippen LogP contribution in [0.15, 0.2) is 36.7 Å². The first kappa shape index (κ1) is 10.2. The Morgan fingerprint density at radius 3 is 2.71 bits per heavy atom. The number of nitrogens with one attached hydrogen (secondary N) is 1. The summed E-state index contributed by atoms with van der Waals surface area (Å²) < 4.78 is 0. The van der Waals surface area contributed by atoms with Crippen LogP contribution in [0.5, 0.6) is 0 Å². The van der Waals surface area contributed by atoms with E-state index in [1.165, 1.54) is 6.33 Å². The van der Waals surface area contributed by atoms with Gasteiger partial charge in [-0.05, 0) is 6.92 Å². The maximum absolute atomic E-state index is 4.57. The summed E-state index contributed by atoms with van der Waals surface area (Å²) in [6.45, 7) is 1.99. The van der Waals surface area contributed by atoms with E-state index in [0.717, 1.165) is 27.0 Å². The molecule has 84 valence electrons. The minimum Gasteiger partial charge on any atom is -0.259 e. The Balaban J connectivity index is 2.08. The molecule has 0 spiro atoms. The molecule has 0 saturated carbocycles. The van der Waals surface area contributed by atoms with Crippen LogP contribution in [-0.2, 0) is 0 Å². The molecule has 0 aliphatic carbocycles. The molecule has 1 N–H and O–H groups in total. The first-order valence-electron chi connectivity index (χ1n) is 5.23. The molecule has 1 aromatic carbocycles. The van der Waals surface area contributed by atoms with E-state index in [1.54, 1.807) is 11.3 Å². The van der Waals surface area contributed by atoms with E-state index in [4.69, 9.17) is 0 Å². The second-order valence-corrected chi connectivity index (χ2v) is 4.63. The summed E-state index contributed by atoms with van der Waals surface area (Å²) in [6.07, 6.45) is 1.51. The normalized spacial score (nSPS) is 10.6. The van der Waals surface area contributed by atoms with Crippen LogP contribution in [0.2, 0.25) is 0 Å². The molecule has 5 heteroatoms. The monoisotopic (exact) mass is 242 g/mol. The van der Waals surface area contributed by atoms with Crippen LogP contribution in [0.4, 0.5) is 0 Å². The summed E-state index contributed by atoms with van der Waals surface area (Å²) in [5.74, 6) is 0.780. The van der Waals surface area contributed by atoms with Crippen molar-refractivity contribution in [3.63, 3.8) is 0 Å². The van der Waals surface area contributed by atoms with Crippen molar-refractivity contribution in [1.82, 2.24) is 20.2 Å². The number of aryl methyl sites for hydroxylation is 1. The Kier molecular flexibility index (Phi) is 2.45. The van der Waals surface area contributed by atoms with Crippen LogP contribution in [0, 0.1) is 6.92 Å². The maximum Gasteiger partial charge on any atom is 0.167 e. The average molecular weight is 242 g/mol. The number of aromatic amines is 1. The van der Waals surface area contributed by atoms with Crippen LogP contribution in [0.3, 0.4) is 0 Å². The third-order valence-electron chi connectivity index (χ3n) is 2.45. The molecular formula is C12H10N4S. The number of hydrogen-bond donors (Lipinski definition) is 1. The maximum atomic E-state index is 4.57. The van der Waals surface area contributed by atoms with Crippen molar-refractivity contribution in [3.05, 3.63) is 42.4 Å². The zero-order chi connectivity index (χ0) is 11.7. The van der Waals surface area contributed by atoms with Crippen molar-refractivity contribution >= 4 is 11.3 Å². The van der Waals surface area contributed by atoms with Gasteiger partial charge < -0.3 is 0 Å². The van der Waals surface area contributed by atoms with E-state index in [1.807, 2.05) is 25.1 Å². The van der Waals surface area contributed by atoms with E-state index in [-0.39, 0.29) is 0 Å². The first-order chi connectivity index (χ1) is 8.34. The summed E-state index contributed by atoms with van der Waals surface area (Å²) in [7, 11) is 0. The van der Waals surface area contributed by atoms with Gasteiger partial charge in [-0.1, -0.05) is 30.3 Å². The minimum atomic E-state index is 0.780. The molecule has 0 fully saturated rings. The van der Waals surface area contributed by atoms with Crippen LogP contribution in [0.1, 0.15) is 5.69 Å². The van der Waals surface area contributed by atoms with Gasteiger partial charge in [0.25, 0.3) is 0 Å². The van der Waals surface area contributed by atoms with Gasteiger partial charge in [0.15, 0.2) is 5.82 Å². The van der Waals surface area contributed by atoms with E-state index in [9.17, 15) is 0 Å². The molecule has 17 heavy (non-hydrogen) atoms. The van der Waals surface area contributed by atoms with E-state index in [0.29, 0.717) is 0 Å². The van der Waals surface area contributed by atoms with Gasteiger partial charge in [0.2, 0.25) is 0 Å². The van der Waals surface area contributed by atoms with E-state index < -0.39 is 0 Å². The topological polar surface area (TPSA) is 54.5 Å². The highest BCUT2D eigenvalue weighted by Gasteiger charge is 2.12. The minimum absolute atomic E-state index is 0.780. The summed E-state index contributed by atoms with van der Waals surface area (Å²) >= 11 is 1.63. The lowest BCUT2D eigenvalue weighted by Crippen LogP contribution is -1.80. The fourth-order valence-corrected chi connectivity index (χ4v) is 2.65. The molecule has 0 aliphatic rings. The quantitative estimate of drug-likeness (QED) is 0.751. The standard InChI is InChI=1S/C12H10N4S/c1-8-10(11-13-7-14-16-11)17-12(15-8)9-5-3-2-4-6-9/h2-7H,1H3,(H,13,14,16). The largest absolute Gasteiger partial charge is 0.259 e. The molecule has 2 aromatic heterocycles. The Bertz CT molecular complexity index is 613. The molecule has 4 nitrogen and oxygen atoms in total. The number of aromatic nitrogens is 4. The molecule has 0 bridgehead atoms. The van der Waals surface area contributed by atoms with Crippen molar-refractivity contribution in [2.45, 2.75) is 6.92 Å². The summed E-state index contributed by atoms with van der Waals surface area (Å²) in [6, 6.07) is 10.1. The van der Waals surface area contributed by atoms with Gasteiger partial charge in [-0.2, -0.15) is 5.10 Å². The number of hydrogen-bond acceptors (Lipinski definition) is 4. The van der Waals surface area contributed by atoms with E-state index in [2.05, 4.69) is 32.3 Å². The second kappa shape index (κ2) is 4.10. The number of thiazole rings is 1. The molecular weight excluding hydrogens is 232 g/mol. The molecule has 0 atom stereocenters. The number of nitrogens with zero attached hydrogens (tertiary/aromatic N) is 3. The third kappa shape index (κ3) is 1.85. The molecule has 3 aromatic rings. The van der Waals surface area contributed by atoms with Crippen molar-refractivity contribution in [2.24, 2.45) is 0 Å². The fourth-order valence-electron chi connectivity index (χ4n) is 1.64. The lowest BCUT2D eigenvalue weighted by molar-refractivity contribution is 1.09. The number of benzene rings is 1. The average Bonchev–Trinajstić information content (AvgIpc) is 2.99. The highest BCUT2D eigenvalue weighted by atomic mass is 32.1. The van der Waals surface area contributed by atoms with Crippen LogP contribution >= 0.6 is 11.3 Å². The molecule has 0 aliphatic heterocycles. The molecule has 0 amide bonds. The first-order valence-corrected chi connectivity index (χ1v) is 6.05. The number of rotatable bonds is 2. The van der Waals surface area contributed by atoms with Gasteiger partial charge in [0.1, 0.15) is 11.3 Å². The van der Waals surface area contributed by atoms with Gasteiger partial charge in [-0.15, -0.1) is 11.3 Å². The Morgan fingerprint density at radius 2 is 2.00 bits per heavy atom. The summed E-state index contributed by atoms with van der Waals surface area (Å²) in [5, 5.41) is 7.74. The summed E-state index contributed by atoms with van der Waals surface area (Å²) in [5.41, 5.74) is 2.11. The van der Waals surface area contributed by atoms with Gasteiger partial charge in [-0.3, -0.25) is 5.10 Å². The molecule has 0 saturated heterocycles. The van der Waals surface area contributed by atoms with Crippen LogP contribution in [0.25, 0.3) is 21.3 Å². The zero-order valence-corrected chi connectivity index (χ0v) is 10.0. The second-order valence-electron chi connectivity index (χ2n) is 3.63. The molecule has 2 heterocycles. The van der Waals surface area contributed by atoms with Crippen LogP contribution in [-0.4, -0.2) is 20.2 Å². The smallest absolute Gasteiger partial charge is 0.167 e. The van der Waals surface area contributed by atoms with Gasteiger partial charge in [-0.25, -0.2) is 9.97 Å².